The van der Waals surface area contributed by atoms with Crippen molar-refractivity contribution in [2.24, 2.45) is 0 Å². The first-order valence-corrected chi connectivity index (χ1v) is 7.79. The number of para-hydroxylation sites is 1. The van der Waals surface area contributed by atoms with Gasteiger partial charge in [0.2, 0.25) is 0 Å². The van der Waals surface area contributed by atoms with Crippen LogP contribution in [0.3, 0.4) is 0 Å². The fraction of sp³-hybridized carbons (Fsp3) is 0.111. The number of nitrogens with one attached hydrogen (secondary N) is 2. The molecule has 2 N–H and O–H groups in total. The molecule has 16 heavy (non-hydrogen) atoms. The van der Waals surface area contributed by atoms with E-state index in [0.29, 0.717) is 8.51 Å². The van der Waals surface area contributed by atoms with Gasteiger partial charge in [0.25, 0.3) is 8.08 Å². The Hall–Kier alpha value is -0.940. The second-order valence-corrected chi connectivity index (χ2v) is 6.69. The molecule has 1 aromatic carbocycles. The van der Waals surface area contributed by atoms with Crippen LogP contribution in [0, 0.1) is 0 Å². The average molecular weight is 271 g/mol. The summed E-state index contributed by atoms with van der Waals surface area (Å²) in [5.74, 6) is 0.895. The van der Waals surface area contributed by atoms with Gasteiger partial charge >= 0.3 is 0 Å². The van der Waals surface area contributed by atoms with E-state index in [4.69, 9.17) is 4.52 Å². The zero-order chi connectivity index (χ0) is 11.2. The lowest BCUT2D eigenvalue weighted by Crippen LogP contribution is -1.89. The molecule has 1 aromatic heterocycles. The van der Waals surface area contributed by atoms with Crippen LogP contribution in [-0.4, -0.2) is 13.5 Å². The Morgan fingerprint density at radius 3 is 3.19 bits per heavy atom. The van der Waals surface area contributed by atoms with Gasteiger partial charge in [0, 0.05) is 8.51 Å². The van der Waals surface area contributed by atoms with E-state index < -0.39 is 8.08 Å². The van der Waals surface area contributed by atoms with Crippen LogP contribution in [0.2, 0.25) is 0 Å². The standard InChI is InChI=1S/C9H12N3OP3/c1-2-5-8-6-3-4-7-9(8)13-16-11-14-10-15-12-16/h2-4,6-7,11,14H,1,5H2,(H,10,12). The van der Waals surface area contributed by atoms with Crippen LogP contribution in [0.5, 0.6) is 5.75 Å². The van der Waals surface area contributed by atoms with Crippen molar-refractivity contribution in [1.82, 2.24) is 13.5 Å². The van der Waals surface area contributed by atoms with E-state index in [1.165, 1.54) is 0 Å². The number of hydrogen-bond donors (Lipinski definition) is 2. The molecule has 0 saturated carbocycles. The highest BCUT2D eigenvalue weighted by molar-refractivity contribution is 7.50. The third-order valence-electron chi connectivity index (χ3n) is 1.91. The Morgan fingerprint density at radius 2 is 2.44 bits per heavy atom. The second kappa shape index (κ2) is 5.96. The summed E-state index contributed by atoms with van der Waals surface area (Å²) in [6, 6.07) is 8.00. The third kappa shape index (κ3) is 3.02. The smallest absolute Gasteiger partial charge is 0.263 e. The largest absolute Gasteiger partial charge is 0.416 e. The molecule has 0 aliphatic rings. The van der Waals surface area contributed by atoms with Crippen molar-refractivity contribution in [3.8, 4) is 5.75 Å². The van der Waals surface area contributed by atoms with E-state index in [-0.39, 0.29) is 0 Å². The molecular formula is C9H12N3OP3. The molecule has 0 aliphatic heterocycles. The quantitative estimate of drug-likeness (QED) is 0.825. The summed E-state index contributed by atoms with van der Waals surface area (Å²) in [6.07, 6.45) is 2.69. The molecule has 7 heteroatoms. The average Bonchev–Trinajstić information content (AvgIpc) is 2.33. The van der Waals surface area contributed by atoms with E-state index >= 15 is 0 Å². The van der Waals surface area contributed by atoms with Crippen LogP contribution < -0.4 is 4.52 Å². The molecule has 4 nitrogen and oxygen atoms in total. The summed E-state index contributed by atoms with van der Waals surface area (Å²) in [6.45, 7) is 3.74. The first-order valence-electron chi connectivity index (χ1n) is 4.73. The Labute approximate surface area is 98.2 Å². The highest BCUT2D eigenvalue weighted by Crippen LogP contribution is 2.29. The molecule has 0 saturated heterocycles. The van der Waals surface area contributed by atoms with Gasteiger partial charge in [-0.1, -0.05) is 24.3 Å². The summed E-state index contributed by atoms with van der Waals surface area (Å²) >= 11 is 0. The molecule has 0 radical (unpaired) electrons. The minimum absolute atomic E-state index is 0.509. The van der Waals surface area contributed by atoms with Crippen molar-refractivity contribution in [1.29, 1.82) is 0 Å². The molecule has 1 heterocycles. The lowest BCUT2D eigenvalue weighted by Gasteiger charge is -2.08. The van der Waals surface area contributed by atoms with Gasteiger partial charge in [-0.25, -0.2) is 0 Å². The summed E-state index contributed by atoms with van der Waals surface area (Å²) in [5, 5.41) is 0. The van der Waals surface area contributed by atoms with Crippen LogP contribution >= 0.6 is 25.1 Å². The molecule has 0 aliphatic carbocycles. The topological polar surface area (TPSA) is 53.7 Å². The number of rotatable bonds is 4. The van der Waals surface area contributed by atoms with Crippen LogP contribution in [-0.2, 0) is 6.42 Å². The Balaban J connectivity index is 2.24. The van der Waals surface area contributed by atoms with Crippen LogP contribution in [0.4, 0.5) is 0 Å². The van der Waals surface area contributed by atoms with Gasteiger partial charge in [-0.05, 0) is 18.1 Å². The van der Waals surface area contributed by atoms with Gasteiger partial charge in [0.05, 0.1) is 0 Å². The normalized spacial score (nSPS) is 11.9. The van der Waals surface area contributed by atoms with Gasteiger partial charge in [-0.3, -0.25) is 4.51 Å². The molecule has 2 unspecified atom stereocenters. The minimum atomic E-state index is -0.897. The number of allylic oxidation sites excluding steroid dienone is 1. The molecule has 2 atom stereocenters. The fourth-order valence-corrected chi connectivity index (χ4v) is 4.65. The molecule has 2 rings (SSSR count). The maximum atomic E-state index is 5.84. The Kier molecular flexibility index (Phi) is 4.30. The zero-order valence-corrected chi connectivity index (χ0v) is 11.3. The Bertz CT molecular complexity index is 480. The first-order chi connectivity index (χ1) is 7.90. The first kappa shape index (κ1) is 11.5. The highest BCUT2D eigenvalue weighted by Gasteiger charge is 2.03. The molecule has 0 bridgehead atoms. The summed E-state index contributed by atoms with van der Waals surface area (Å²) in [4.78, 5) is 0. The van der Waals surface area contributed by atoms with Gasteiger partial charge < -0.3 is 9.03 Å². The number of nitrogens with zero attached hydrogens (tertiary/aromatic N) is 1. The van der Waals surface area contributed by atoms with Gasteiger partial charge in [0.1, 0.15) is 14.3 Å². The van der Waals surface area contributed by atoms with Crippen molar-refractivity contribution < 1.29 is 4.52 Å². The SMILES string of the molecule is C=CCc1ccccc1Op1np[nH][pH][nH]1. The van der Waals surface area contributed by atoms with Crippen molar-refractivity contribution in [2.45, 2.75) is 6.42 Å². The lowest BCUT2D eigenvalue weighted by molar-refractivity contribution is 0.616. The van der Waals surface area contributed by atoms with Crippen LogP contribution in [0.1, 0.15) is 5.56 Å². The van der Waals surface area contributed by atoms with Gasteiger partial charge in [0.15, 0.2) is 0 Å². The molecule has 0 amide bonds. The third-order valence-corrected chi connectivity index (χ3v) is 5.34. The molecule has 0 fully saturated rings. The van der Waals surface area contributed by atoms with Crippen LogP contribution in [0.15, 0.2) is 36.9 Å². The number of benzene rings is 1. The van der Waals surface area contributed by atoms with E-state index in [2.05, 4.69) is 26.2 Å². The summed E-state index contributed by atoms with van der Waals surface area (Å²) in [7, 11) is 0.507. The fourth-order valence-electron chi connectivity index (χ4n) is 1.23. The summed E-state index contributed by atoms with van der Waals surface area (Å²) < 4.78 is 16.4. The van der Waals surface area contributed by atoms with E-state index in [1.54, 1.807) is 0 Å². The predicted molar refractivity (Wildman–Crippen MR) is 71.7 cm³/mol. The lowest BCUT2D eigenvalue weighted by atomic mass is 10.1. The maximum Gasteiger partial charge on any atom is 0.263 e. The molecule has 84 valence electrons. The van der Waals surface area contributed by atoms with Crippen molar-refractivity contribution in [3.05, 3.63) is 42.5 Å². The van der Waals surface area contributed by atoms with E-state index in [9.17, 15) is 0 Å². The van der Waals surface area contributed by atoms with Crippen LogP contribution in [0.25, 0.3) is 0 Å². The number of aromatic amines is 2. The molecule has 0 spiro atoms. The van der Waals surface area contributed by atoms with Gasteiger partial charge in [-0.2, -0.15) is 0 Å². The number of aromatic nitrogens is 3. The number of H-pyrrole nitrogens is 2. The molecular weight excluding hydrogens is 259 g/mol. The number of hydrogen-bond acceptors (Lipinski definition) is 2. The second-order valence-electron chi connectivity index (χ2n) is 3.00. The Morgan fingerprint density at radius 1 is 1.56 bits per heavy atom. The van der Waals surface area contributed by atoms with Crippen molar-refractivity contribution in [3.63, 3.8) is 0 Å². The predicted octanol–water partition coefficient (Wildman–Crippen LogP) is 4.03. The van der Waals surface area contributed by atoms with Gasteiger partial charge in [-0.15, -0.1) is 11.1 Å². The highest BCUT2D eigenvalue weighted by atomic mass is 31.2. The zero-order valence-electron chi connectivity index (χ0n) is 8.55. The minimum Gasteiger partial charge on any atom is -0.416 e. The van der Waals surface area contributed by atoms with E-state index in [1.807, 2.05) is 24.3 Å². The summed E-state index contributed by atoms with van der Waals surface area (Å²) in [5.41, 5.74) is 1.15. The monoisotopic (exact) mass is 271 g/mol. The van der Waals surface area contributed by atoms with E-state index in [0.717, 1.165) is 26.2 Å². The van der Waals surface area contributed by atoms with Crippen molar-refractivity contribution in [2.75, 3.05) is 0 Å². The molecule has 2 aromatic rings. The van der Waals surface area contributed by atoms with Crippen molar-refractivity contribution >= 4 is 25.1 Å². The maximum absolute atomic E-state index is 5.84.